The van der Waals surface area contributed by atoms with Crippen LogP contribution >= 0.6 is 11.6 Å². The van der Waals surface area contributed by atoms with Gasteiger partial charge >= 0.3 is 0 Å². The van der Waals surface area contributed by atoms with Gasteiger partial charge in [-0.3, -0.25) is 0 Å². The van der Waals surface area contributed by atoms with Gasteiger partial charge in [0.15, 0.2) is 5.76 Å². The highest BCUT2D eigenvalue weighted by molar-refractivity contribution is 6.16. The van der Waals surface area contributed by atoms with Crippen LogP contribution in [0.25, 0.3) is 11.3 Å². The monoisotopic (exact) mass is 235 g/mol. The Kier molecular flexibility index (Phi) is 3.62. The number of hydrogen-bond acceptors (Lipinski definition) is 2. The van der Waals surface area contributed by atoms with Gasteiger partial charge in [0.2, 0.25) is 0 Å². The predicted molar refractivity (Wildman–Crippen MR) is 65.5 cm³/mol. The van der Waals surface area contributed by atoms with E-state index in [0.29, 0.717) is 5.88 Å². The van der Waals surface area contributed by atoms with Crippen LogP contribution in [0.3, 0.4) is 0 Å². The largest absolute Gasteiger partial charge is 0.356 e. The van der Waals surface area contributed by atoms with Crippen molar-refractivity contribution in [1.82, 2.24) is 5.16 Å². The van der Waals surface area contributed by atoms with Crippen molar-refractivity contribution in [2.45, 2.75) is 25.6 Å². The molecule has 1 aromatic heterocycles. The average molecular weight is 236 g/mol. The molecule has 0 spiro atoms. The second-order valence-electron chi connectivity index (χ2n) is 3.76. The third kappa shape index (κ3) is 2.45. The summed E-state index contributed by atoms with van der Waals surface area (Å²) in [6.45, 7) is 2.18. The number of rotatable bonds is 4. The molecular weight excluding hydrogens is 222 g/mol. The predicted octanol–water partition coefficient (Wildman–Crippen LogP) is 4.03. The Morgan fingerprint density at radius 3 is 2.56 bits per heavy atom. The highest BCUT2D eigenvalue weighted by Crippen LogP contribution is 2.21. The van der Waals surface area contributed by atoms with Gasteiger partial charge in [0, 0.05) is 11.6 Å². The lowest BCUT2D eigenvalue weighted by molar-refractivity contribution is 0.426. The van der Waals surface area contributed by atoms with E-state index in [2.05, 4.69) is 36.3 Å². The van der Waals surface area contributed by atoms with E-state index < -0.39 is 0 Å². The lowest BCUT2D eigenvalue weighted by atomic mass is 10.1. The molecule has 0 aliphatic carbocycles. The van der Waals surface area contributed by atoms with Crippen LogP contribution in [0.15, 0.2) is 34.9 Å². The lowest BCUT2D eigenvalue weighted by Crippen LogP contribution is -1.82. The molecule has 0 saturated carbocycles. The summed E-state index contributed by atoms with van der Waals surface area (Å²) in [6, 6.07) is 10.2. The number of aryl methyl sites for hydroxylation is 1. The van der Waals surface area contributed by atoms with Crippen LogP contribution in [0, 0.1) is 0 Å². The molecule has 1 aromatic carbocycles. The Labute approximate surface area is 100 Å². The zero-order valence-corrected chi connectivity index (χ0v) is 10.00. The smallest absolute Gasteiger partial charge is 0.167 e. The molecule has 0 radical (unpaired) electrons. The summed E-state index contributed by atoms with van der Waals surface area (Å²) >= 11 is 5.67. The number of nitrogens with zero attached hydrogens (tertiary/aromatic N) is 1. The zero-order chi connectivity index (χ0) is 11.4. The first-order chi connectivity index (χ1) is 7.83. The van der Waals surface area contributed by atoms with E-state index in [0.717, 1.165) is 29.9 Å². The van der Waals surface area contributed by atoms with E-state index in [-0.39, 0.29) is 0 Å². The first-order valence-corrected chi connectivity index (χ1v) is 5.98. The molecule has 0 atom stereocenters. The van der Waals surface area contributed by atoms with Gasteiger partial charge in [-0.15, -0.1) is 11.6 Å². The summed E-state index contributed by atoms with van der Waals surface area (Å²) in [5.74, 6) is 1.16. The fourth-order valence-corrected chi connectivity index (χ4v) is 1.76. The molecule has 1 heterocycles. The highest BCUT2D eigenvalue weighted by atomic mass is 35.5. The molecule has 2 aromatic rings. The molecule has 0 N–H and O–H groups in total. The summed E-state index contributed by atoms with van der Waals surface area (Å²) < 4.78 is 5.21. The van der Waals surface area contributed by atoms with E-state index >= 15 is 0 Å². The Balaban J connectivity index is 2.20. The van der Waals surface area contributed by atoms with Crippen LogP contribution in [0.4, 0.5) is 0 Å². The van der Waals surface area contributed by atoms with Crippen molar-refractivity contribution in [2.75, 3.05) is 0 Å². The summed E-state index contributed by atoms with van der Waals surface area (Å²) in [5.41, 5.74) is 3.17. The number of alkyl halides is 1. The third-order valence-corrected chi connectivity index (χ3v) is 2.75. The molecule has 16 heavy (non-hydrogen) atoms. The molecule has 84 valence electrons. The fraction of sp³-hybridized carbons (Fsp3) is 0.308. The maximum atomic E-state index is 5.67. The van der Waals surface area contributed by atoms with Gasteiger partial charge in [0.1, 0.15) is 0 Å². The normalized spacial score (nSPS) is 10.6. The van der Waals surface area contributed by atoms with Crippen LogP contribution in [0.1, 0.15) is 24.6 Å². The van der Waals surface area contributed by atoms with Crippen molar-refractivity contribution in [1.29, 1.82) is 0 Å². The summed E-state index contributed by atoms with van der Waals surface area (Å²) in [7, 11) is 0. The Morgan fingerprint density at radius 1 is 1.25 bits per heavy atom. The van der Waals surface area contributed by atoms with Crippen LogP contribution in [0.5, 0.6) is 0 Å². The van der Waals surface area contributed by atoms with Crippen molar-refractivity contribution in [3.8, 4) is 11.3 Å². The van der Waals surface area contributed by atoms with Crippen molar-refractivity contribution in [2.24, 2.45) is 0 Å². The fourth-order valence-electron chi connectivity index (χ4n) is 1.64. The van der Waals surface area contributed by atoms with Gasteiger partial charge in [-0.1, -0.05) is 42.8 Å². The Morgan fingerprint density at radius 2 is 2.00 bits per heavy atom. The molecule has 0 fully saturated rings. The first kappa shape index (κ1) is 11.2. The third-order valence-electron chi connectivity index (χ3n) is 2.47. The van der Waals surface area contributed by atoms with Crippen LogP contribution in [0.2, 0.25) is 0 Å². The van der Waals surface area contributed by atoms with Crippen LogP contribution in [-0.4, -0.2) is 5.16 Å². The number of aromatic nitrogens is 1. The SMILES string of the molecule is CCCc1ccc(-c2cc(CCl)no2)cc1. The van der Waals surface area contributed by atoms with Gasteiger partial charge < -0.3 is 4.52 Å². The first-order valence-electron chi connectivity index (χ1n) is 5.44. The van der Waals surface area contributed by atoms with E-state index in [1.165, 1.54) is 5.56 Å². The standard InChI is InChI=1S/C13H14ClNO/c1-2-3-10-4-6-11(7-5-10)13-8-12(9-14)15-16-13/h4-8H,2-3,9H2,1H3. The van der Waals surface area contributed by atoms with Crippen molar-refractivity contribution < 1.29 is 4.52 Å². The second kappa shape index (κ2) is 5.17. The molecule has 2 rings (SSSR count). The van der Waals surface area contributed by atoms with Gasteiger partial charge in [-0.25, -0.2) is 0 Å². The minimum atomic E-state index is 0.386. The van der Waals surface area contributed by atoms with E-state index in [1.807, 2.05) is 6.07 Å². The summed E-state index contributed by atoms with van der Waals surface area (Å²) in [5, 5.41) is 3.86. The molecule has 0 saturated heterocycles. The van der Waals surface area contributed by atoms with Crippen molar-refractivity contribution >= 4 is 11.6 Å². The molecule has 0 amide bonds. The summed E-state index contributed by atoms with van der Waals surface area (Å²) in [6.07, 6.45) is 2.28. The number of halogens is 1. The van der Waals surface area contributed by atoms with Gasteiger partial charge in [0.25, 0.3) is 0 Å². The maximum Gasteiger partial charge on any atom is 0.167 e. The summed E-state index contributed by atoms with van der Waals surface area (Å²) in [4.78, 5) is 0. The topological polar surface area (TPSA) is 26.0 Å². The van der Waals surface area contributed by atoms with Crippen LogP contribution in [-0.2, 0) is 12.3 Å². The minimum absolute atomic E-state index is 0.386. The van der Waals surface area contributed by atoms with E-state index in [4.69, 9.17) is 16.1 Å². The molecule has 2 nitrogen and oxygen atoms in total. The molecule has 0 unspecified atom stereocenters. The van der Waals surface area contributed by atoms with E-state index in [1.54, 1.807) is 0 Å². The van der Waals surface area contributed by atoms with Crippen molar-refractivity contribution in [3.05, 3.63) is 41.6 Å². The lowest BCUT2D eigenvalue weighted by Gasteiger charge is -1.99. The molecule has 0 aliphatic heterocycles. The Hall–Kier alpha value is -1.28. The average Bonchev–Trinajstić information content (AvgIpc) is 2.79. The second-order valence-corrected chi connectivity index (χ2v) is 4.03. The maximum absolute atomic E-state index is 5.67. The van der Waals surface area contributed by atoms with E-state index in [9.17, 15) is 0 Å². The minimum Gasteiger partial charge on any atom is -0.356 e. The zero-order valence-electron chi connectivity index (χ0n) is 9.24. The quantitative estimate of drug-likeness (QED) is 0.748. The Bertz CT molecular complexity index is 447. The van der Waals surface area contributed by atoms with Crippen LogP contribution < -0.4 is 0 Å². The number of benzene rings is 1. The van der Waals surface area contributed by atoms with Gasteiger partial charge in [-0.2, -0.15) is 0 Å². The molecular formula is C13H14ClNO. The molecule has 0 bridgehead atoms. The number of hydrogen-bond donors (Lipinski definition) is 0. The van der Waals surface area contributed by atoms with Gasteiger partial charge in [-0.05, 0) is 12.0 Å². The highest BCUT2D eigenvalue weighted by Gasteiger charge is 2.05. The molecule has 3 heteroatoms. The van der Waals surface area contributed by atoms with Crippen molar-refractivity contribution in [3.63, 3.8) is 0 Å². The molecule has 0 aliphatic rings. The van der Waals surface area contributed by atoms with Gasteiger partial charge in [0.05, 0.1) is 11.6 Å².